The Hall–Kier alpha value is -3.27. The molecule has 35 heavy (non-hydrogen) atoms. The molecule has 0 saturated heterocycles. The molecule has 3 rings (SSSR count). The molecular formula is C24H22ClF4N3O3. The molecule has 0 bridgehead atoms. The largest absolute Gasteiger partial charge is 0.481 e. The highest BCUT2D eigenvalue weighted by Gasteiger charge is 2.37. The molecular weight excluding hydrogens is 490 g/mol. The molecule has 0 amide bonds. The fourth-order valence-corrected chi connectivity index (χ4v) is 4.24. The van der Waals surface area contributed by atoms with Crippen molar-refractivity contribution in [2.75, 3.05) is 0 Å². The standard InChI is InChI=1S/C24H22ClF4N3O3/c1-12-20(23(2,3)22(34)35)19(21(33)32(4)31-12)18-14(15(25)8-9-16(18)26)7-5-13-6-10-17(30-11-13)24(27,28)29/h6,8-11H,5,7H2,1-4H3,(H,34,35). The van der Waals surface area contributed by atoms with Gasteiger partial charge in [0.1, 0.15) is 11.5 Å². The van der Waals surface area contributed by atoms with E-state index in [4.69, 9.17) is 11.6 Å². The van der Waals surface area contributed by atoms with Crippen LogP contribution < -0.4 is 5.56 Å². The summed E-state index contributed by atoms with van der Waals surface area (Å²) in [6.07, 6.45) is -3.31. The second-order valence-corrected chi connectivity index (χ2v) is 9.03. The fraction of sp³-hybridized carbons (Fsp3) is 0.333. The molecule has 11 heteroatoms. The average Bonchev–Trinajstić information content (AvgIpc) is 2.76. The normalized spacial score (nSPS) is 12.1. The van der Waals surface area contributed by atoms with Crippen molar-refractivity contribution >= 4 is 17.6 Å². The topological polar surface area (TPSA) is 85.1 Å². The maximum atomic E-state index is 15.3. The van der Waals surface area contributed by atoms with Gasteiger partial charge < -0.3 is 5.11 Å². The zero-order valence-electron chi connectivity index (χ0n) is 19.3. The van der Waals surface area contributed by atoms with Gasteiger partial charge in [-0.05, 0) is 62.9 Å². The SMILES string of the molecule is Cc1nn(C)c(=O)c(-c2c(F)ccc(Cl)c2CCc2ccc(C(F)(F)F)nc2)c1C(C)(C)C(=O)O. The molecule has 0 aliphatic heterocycles. The number of nitrogens with zero attached hydrogens (tertiary/aromatic N) is 3. The van der Waals surface area contributed by atoms with E-state index < -0.39 is 34.6 Å². The van der Waals surface area contributed by atoms with Gasteiger partial charge in [-0.25, -0.2) is 9.07 Å². The molecule has 0 aliphatic rings. The Morgan fingerprint density at radius 2 is 1.77 bits per heavy atom. The predicted molar refractivity (Wildman–Crippen MR) is 122 cm³/mol. The van der Waals surface area contributed by atoms with Crippen LogP contribution in [0.1, 0.15) is 41.9 Å². The number of hydrogen-bond donors (Lipinski definition) is 1. The molecule has 1 aromatic carbocycles. The van der Waals surface area contributed by atoms with Crippen molar-refractivity contribution < 1.29 is 27.5 Å². The van der Waals surface area contributed by atoms with Gasteiger partial charge in [0.15, 0.2) is 0 Å². The highest BCUT2D eigenvalue weighted by atomic mass is 35.5. The molecule has 0 spiro atoms. The summed E-state index contributed by atoms with van der Waals surface area (Å²) in [6, 6.07) is 4.49. The first-order chi connectivity index (χ1) is 16.2. The Balaban J connectivity index is 2.19. The van der Waals surface area contributed by atoms with Gasteiger partial charge in [0.05, 0.1) is 16.7 Å². The van der Waals surface area contributed by atoms with Gasteiger partial charge in [0, 0.05) is 29.4 Å². The van der Waals surface area contributed by atoms with Crippen molar-refractivity contribution in [2.45, 2.75) is 45.2 Å². The third kappa shape index (κ3) is 5.07. The third-order valence-electron chi connectivity index (χ3n) is 5.81. The molecule has 0 fully saturated rings. The summed E-state index contributed by atoms with van der Waals surface area (Å²) in [5, 5.41) is 14.1. The monoisotopic (exact) mass is 511 g/mol. The number of hydrogen-bond acceptors (Lipinski definition) is 4. The first-order valence-electron chi connectivity index (χ1n) is 10.5. The van der Waals surface area contributed by atoms with Crippen LogP contribution in [0.25, 0.3) is 11.1 Å². The maximum absolute atomic E-state index is 15.3. The number of benzene rings is 1. The minimum absolute atomic E-state index is 0.0479. The Kier molecular flexibility index (Phi) is 7.08. The van der Waals surface area contributed by atoms with Crippen molar-refractivity contribution in [3.63, 3.8) is 0 Å². The van der Waals surface area contributed by atoms with Crippen LogP contribution in [-0.2, 0) is 36.3 Å². The highest BCUT2D eigenvalue weighted by Crippen LogP contribution is 2.38. The van der Waals surface area contributed by atoms with E-state index in [0.29, 0.717) is 5.56 Å². The molecule has 0 saturated carbocycles. The van der Waals surface area contributed by atoms with E-state index in [1.54, 1.807) is 0 Å². The van der Waals surface area contributed by atoms with Crippen LogP contribution in [0.4, 0.5) is 17.6 Å². The first kappa shape index (κ1) is 26.3. The Morgan fingerprint density at radius 3 is 2.31 bits per heavy atom. The van der Waals surface area contributed by atoms with Crippen molar-refractivity contribution in [1.29, 1.82) is 0 Å². The van der Waals surface area contributed by atoms with Gasteiger partial charge >= 0.3 is 12.1 Å². The van der Waals surface area contributed by atoms with Crippen LogP contribution in [0.3, 0.4) is 0 Å². The highest BCUT2D eigenvalue weighted by molar-refractivity contribution is 6.31. The summed E-state index contributed by atoms with van der Waals surface area (Å²) in [5.74, 6) is -2.03. The molecule has 0 atom stereocenters. The number of aryl methyl sites for hydroxylation is 3. The van der Waals surface area contributed by atoms with Crippen LogP contribution in [0.15, 0.2) is 35.3 Å². The quantitative estimate of drug-likeness (QED) is 0.465. The summed E-state index contributed by atoms with van der Waals surface area (Å²) in [5.41, 5.74) is -2.74. The summed E-state index contributed by atoms with van der Waals surface area (Å²) in [4.78, 5) is 28.7. The Morgan fingerprint density at radius 1 is 1.11 bits per heavy atom. The molecule has 2 heterocycles. The second kappa shape index (κ2) is 9.41. The van der Waals surface area contributed by atoms with Crippen LogP contribution in [0.5, 0.6) is 0 Å². The van der Waals surface area contributed by atoms with E-state index in [1.807, 2.05) is 0 Å². The second-order valence-electron chi connectivity index (χ2n) is 8.63. The van der Waals surface area contributed by atoms with Crippen LogP contribution in [-0.4, -0.2) is 25.8 Å². The number of rotatable bonds is 6. The molecule has 0 radical (unpaired) electrons. The van der Waals surface area contributed by atoms with Gasteiger partial charge in [-0.15, -0.1) is 0 Å². The maximum Gasteiger partial charge on any atom is 0.433 e. The zero-order valence-corrected chi connectivity index (χ0v) is 20.1. The lowest BCUT2D eigenvalue weighted by atomic mass is 9.78. The fourth-order valence-electron chi connectivity index (χ4n) is 3.99. The lowest BCUT2D eigenvalue weighted by Crippen LogP contribution is -2.35. The lowest BCUT2D eigenvalue weighted by Gasteiger charge is -2.26. The third-order valence-corrected chi connectivity index (χ3v) is 6.17. The van der Waals surface area contributed by atoms with E-state index in [0.717, 1.165) is 23.0 Å². The minimum Gasteiger partial charge on any atom is -0.481 e. The van der Waals surface area contributed by atoms with Gasteiger partial charge in [-0.2, -0.15) is 18.3 Å². The van der Waals surface area contributed by atoms with E-state index in [1.165, 1.54) is 40.0 Å². The molecule has 3 aromatic rings. The number of carboxylic acid groups (broad SMARTS) is 1. The molecule has 6 nitrogen and oxygen atoms in total. The molecule has 186 valence electrons. The van der Waals surface area contributed by atoms with E-state index in [2.05, 4.69) is 10.1 Å². The number of aromatic nitrogens is 3. The molecule has 0 aliphatic carbocycles. The molecule has 0 unspecified atom stereocenters. The number of carboxylic acids is 1. The van der Waals surface area contributed by atoms with Crippen LogP contribution >= 0.6 is 11.6 Å². The Labute approximate surface area is 203 Å². The van der Waals surface area contributed by atoms with Crippen molar-refractivity contribution in [3.8, 4) is 11.1 Å². The number of alkyl halides is 3. The summed E-state index contributed by atoms with van der Waals surface area (Å²) in [7, 11) is 1.37. The van der Waals surface area contributed by atoms with Gasteiger partial charge in [0.2, 0.25) is 0 Å². The van der Waals surface area contributed by atoms with Crippen LogP contribution in [0, 0.1) is 12.7 Å². The average molecular weight is 512 g/mol. The van der Waals surface area contributed by atoms with Gasteiger partial charge in [0.25, 0.3) is 5.56 Å². The molecule has 2 aromatic heterocycles. The van der Waals surface area contributed by atoms with E-state index in [-0.39, 0.29) is 45.8 Å². The summed E-state index contributed by atoms with van der Waals surface area (Å²) >= 11 is 6.39. The van der Waals surface area contributed by atoms with Gasteiger partial charge in [-0.3, -0.25) is 14.6 Å². The van der Waals surface area contributed by atoms with Crippen molar-refractivity contribution in [3.05, 3.63) is 79.7 Å². The van der Waals surface area contributed by atoms with Gasteiger partial charge in [-0.1, -0.05) is 17.7 Å². The summed E-state index contributed by atoms with van der Waals surface area (Å²) in [6.45, 7) is 4.30. The van der Waals surface area contributed by atoms with E-state index >= 15 is 4.39 Å². The number of aliphatic carboxylic acids is 1. The zero-order chi connectivity index (χ0) is 26.3. The molecule has 1 N–H and O–H groups in total. The Bertz CT molecular complexity index is 1350. The smallest absolute Gasteiger partial charge is 0.433 e. The first-order valence-corrected chi connectivity index (χ1v) is 10.8. The summed E-state index contributed by atoms with van der Waals surface area (Å²) < 4.78 is 54.7. The number of pyridine rings is 1. The number of carbonyl (C=O) groups is 1. The van der Waals surface area contributed by atoms with E-state index in [9.17, 15) is 27.9 Å². The minimum atomic E-state index is -4.58. The van der Waals surface area contributed by atoms with Crippen molar-refractivity contribution in [2.24, 2.45) is 7.05 Å². The lowest BCUT2D eigenvalue weighted by molar-refractivity contribution is -0.142. The van der Waals surface area contributed by atoms with Crippen LogP contribution in [0.2, 0.25) is 5.02 Å². The number of halogens is 5. The van der Waals surface area contributed by atoms with Crippen molar-refractivity contribution in [1.82, 2.24) is 14.8 Å². The predicted octanol–water partition coefficient (Wildman–Crippen LogP) is 5.11.